The summed E-state index contributed by atoms with van der Waals surface area (Å²) >= 11 is 0. The Morgan fingerprint density at radius 3 is 2.83 bits per heavy atom. The molecule has 18 heavy (non-hydrogen) atoms. The topological polar surface area (TPSA) is 21.3 Å². The SMILES string of the molecule is CCNC(CCC1CCCO1)Cc1ccccc1. The molecule has 2 atom stereocenters. The van der Waals surface area contributed by atoms with Crippen LogP contribution < -0.4 is 5.32 Å². The Hall–Kier alpha value is -0.860. The van der Waals surface area contributed by atoms with Gasteiger partial charge in [0.25, 0.3) is 0 Å². The van der Waals surface area contributed by atoms with Crippen molar-refractivity contribution in [3.05, 3.63) is 35.9 Å². The summed E-state index contributed by atoms with van der Waals surface area (Å²) < 4.78 is 5.70. The lowest BCUT2D eigenvalue weighted by Crippen LogP contribution is -2.31. The Kier molecular flexibility index (Phi) is 5.69. The molecule has 1 aliphatic rings. The van der Waals surface area contributed by atoms with Gasteiger partial charge in [-0.15, -0.1) is 0 Å². The normalized spacial score (nSPS) is 21.1. The molecule has 0 saturated carbocycles. The molecule has 100 valence electrons. The molecule has 0 amide bonds. The molecule has 0 aromatic heterocycles. The average molecular weight is 247 g/mol. The van der Waals surface area contributed by atoms with Crippen LogP contribution in [0.4, 0.5) is 0 Å². The molecule has 1 aromatic carbocycles. The van der Waals surface area contributed by atoms with Crippen LogP contribution >= 0.6 is 0 Å². The van der Waals surface area contributed by atoms with E-state index in [-0.39, 0.29) is 0 Å². The molecular formula is C16H25NO. The van der Waals surface area contributed by atoms with Gasteiger partial charge in [-0.1, -0.05) is 37.3 Å². The maximum absolute atomic E-state index is 5.70. The van der Waals surface area contributed by atoms with E-state index in [1.165, 1.54) is 31.2 Å². The third-order valence-corrected chi connectivity index (χ3v) is 3.68. The maximum atomic E-state index is 5.70. The Morgan fingerprint density at radius 1 is 1.33 bits per heavy atom. The summed E-state index contributed by atoms with van der Waals surface area (Å²) in [4.78, 5) is 0. The smallest absolute Gasteiger partial charge is 0.0576 e. The molecule has 1 N–H and O–H groups in total. The summed E-state index contributed by atoms with van der Waals surface area (Å²) in [7, 11) is 0. The number of rotatable bonds is 7. The van der Waals surface area contributed by atoms with Crippen molar-refractivity contribution in [1.29, 1.82) is 0 Å². The predicted octanol–water partition coefficient (Wildman–Crippen LogP) is 3.17. The molecular weight excluding hydrogens is 222 g/mol. The Bertz CT molecular complexity index is 319. The highest BCUT2D eigenvalue weighted by molar-refractivity contribution is 5.15. The van der Waals surface area contributed by atoms with E-state index in [9.17, 15) is 0 Å². The fourth-order valence-corrected chi connectivity index (χ4v) is 2.72. The maximum Gasteiger partial charge on any atom is 0.0576 e. The fourth-order valence-electron chi connectivity index (χ4n) is 2.72. The van der Waals surface area contributed by atoms with Crippen molar-refractivity contribution >= 4 is 0 Å². The largest absolute Gasteiger partial charge is 0.378 e. The number of benzene rings is 1. The molecule has 0 radical (unpaired) electrons. The summed E-state index contributed by atoms with van der Waals surface area (Å²) in [6.07, 6.45) is 6.56. The minimum Gasteiger partial charge on any atom is -0.378 e. The standard InChI is InChI=1S/C16H25NO/c1-2-17-15(10-11-16-9-6-12-18-16)13-14-7-4-3-5-8-14/h3-5,7-8,15-17H,2,6,9-13H2,1H3. The lowest BCUT2D eigenvalue weighted by molar-refractivity contribution is 0.0996. The zero-order chi connectivity index (χ0) is 12.6. The highest BCUT2D eigenvalue weighted by atomic mass is 16.5. The van der Waals surface area contributed by atoms with Crippen molar-refractivity contribution in [1.82, 2.24) is 5.32 Å². The molecule has 2 rings (SSSR count). The highest BCUT2D eigenvalue weighted by Gasteiger charge is 2.17. The molecule has 0 spiro atoms. The second kappa shape index (κ2) is 7.55. The summed E-state index contributed by atoms with van der Waals surface area (Å²) in [6, 6.07) is 11.4. The van der Waals surface area contributed by atoms with Gasteiger partial charge >= 0.3 is 0 Å². The van der Waals surface area contributed by atoms with Crippen molar-refractivity contribution in [3.8, 4) is 0 Å². The molecule has 1 aromatic rings. The Balaban J connectivity index is 1.79. The zero-order valence-corrected chi connectivity index (χ0v) is 11.4. The molecule has 1 saturated heterocycles. The number of likely N-dealkylation sites (N-methyl/N-ethyl adjacent to an activating group) is 1. The van der Waals surface area contributed by atoms with Crippen molar-refractivity contribution in [2.45, 2.75) is 51.2 Å². The molecule has 1 fully saturated rings. The second-order valence-electron chi connectivity index (χ2n) is 5.16. The van der Waals surface area contributed by atoms with Crippen molar-refractivity contribution in [2.24, 2.45) is 0 Å². The van der Waals surface area contributed by atoms with E-state index < -0.39 is 0 Å². The monoisotopic (exact) mass is 247 g/mol. The first-order chi connectivity index (χ1) is 8.88. The molecule has 0 bridgehead atoms. The van der Waals surface area contributed by atoms with Gasteiger partial charge in [0.05, 0.1) is 6.10 Å². The third-order valence-electron chi connectivity index (χ3n) is 3.68. The van der Waals surface area contributed by atoms with E-state index in [2.05, 4.69) is 42.6 Å². The van der Waals surface area contributed by atoms with Gasteiger partial charge in [0.2, 0.25) is 0 Å². The molecule has 0 aliphatic carbocycles. The van der Waals surface area contributed by atoms with Gasteiger partial charge in [-0.2, -0.15) is 0 Å². The van der Waals surface area contributed by atoms with E-state index >= 15 is 0 Å². The Morgan fingerprint density at radius 2 is 2.17 bits per heavy atom. The van der Waals surface area contributed by atoms with Crippen LogP contribution in [0.2, 0.25) is 0 Å². The first kappa shape index (κ1) is 13.6. The number of hydrogen-bond donors (Lipinski definition) is 1. The summed E-state index contributed by atoms with van der Waals surface area (Å²) in [5.41, 5.74) is 1.43. The van der Waals surface area contributed by atoms with Gasteiger partial charge in [-0.3, -0.25) is 0 Å². The van der Waals surface area contributed by atoms with Gasteiger partial charge in [-0.25, -0.2) is 0 Å². The van der Waals surface area contributed by atoms with Gasteiger partial charge in [0, 0.05) is 12.6 Å². The van der Waals surface area contributed by atoms with E-state index in [0.29, 0.717) is 12.1 Å². The van der Waals surface area contributed by atoms with Crippen LogP contribution in [0.3, 0.4) is 0 Å². The van der Waals surface area contributed by atoms with E-state index in [1.807, 2.05) is 0 Å². The Labute approximate surface area is 111 Å². The average Bonchev–Trinajstić information content (AvgIpc) is 2.91. The first-order valence-corrected chi connectivity index (χ1v) is 7.27. The van der Waals surface area contributed by atoms with Crippen LogP contribution in [0, 0.1) is 0 Å². The molecule has 1 heterocycles. The highest BCUT2D eigenvalue weighted by Crippen LogP contribution is 2.18. The van der Waals surface area contributed by atoms with E-state index in [1.54, 1.807) is 0 Å². The fraction of sp³-hybridized carbons (Fsp3) is 0.625. The molecule has 2 heteroatoms. The lowest BCUT2D eigenvalue weighted by atomic mass is 9.99. The predicted molar refractivity (Wildman–Crippen MR) is 75.8 cm³/mol. The second-order valence-corrected chi connectivity index (χ2v) is 5.16. The number of nitrogens with one attached hydrogen (secondary N) is 1. The van der Waals surface area contributed by atoms with Crippen molar-refractivity contribution in [2.75, 3.05) is 13.2 Å². The quantitative estimate of drug-likeness (QED) is 0.799. The van der Waals surface area contributed by atoms with Crippen LogP contribution in [-0.2, 0) is 11.2 Å². The summed E-state index contributed by atoms with van der Waals surface area (Å²) in [5.74, 6) is 0. The van der Waals surface area contributed by atoms with Gasteiger partial charge in [0.15, 0.2) is 0 Å². The molecule has 2 unspecified atom stereocenters. The van der Waals surface area contributed by atoms with Gasteiger partial charge in [-0.05, 0) is 44.2 Å². The van der Waals surface area contributed by atoms with Crippen molar-refractivity contribution in [3.63, 3.8) is 0 Å². The summed E-state index contributed by atoms with van der Waals surface area (Å²) in [6.45, 7) is 4.20. The van der Waals surface area contributed by atoms with Crippen molar-refractivity contribution < 1.29 is 4.74 Å². The number of ether oxygens (including phenoxy) is 1. The van der Waals surface area contributed by atoms with Crippen LogP contribution in [0.25, 0.3) is 0 Å². The van der Waals surface area contributed by atoms with Crippen LogP contribution in [0.15, 0.2) is 30.3 Å². The summed E-state index contributed by atoms with van der Waals surface area (Å²) in [5, 5.41) is 3.60. The van der Waals surface area contributed by atoms with E-state index in [4.69, 9.17) is 4.74 Å². The van der Waals surface area contributed by atoms with Gasteiger partial charge in [0.1, 0.15) is 0 Å². The third kappa shape index (κ3) is 4.43. The zero-order valence-electron chi connectivity index (χ0n) is 11.4. The lowest BCUT2D eigenvalue weighted by Gasteiger charge is -2.19. The first-order valence-electron chi connectivity index (χ1n) is 7.27. The molecule has 2 nitrogen and oxygen atoms in total. The van der Waals surface area contributed by atoms with E-state index in [0.717, 1.165) is 19.6 Å². The minimum atomic E-state index is 0.516. The van der Waals surface area contributed by atoms with Gasteiger partial charge < -0.3 is 10.1 Å². The van der Waals surface area contributed by atoms with Crippen LogP contribution in [0.5, 0.6) is 0 Å². The molecule has 1 aliphatic heterocycles. The minimum absolute atomic E-state index is 0.516. The van der Waals surface area contributed by atoms with Crippen LogP contribution in [0.1, 0.15) is 38.2 Å². The number of hydrogen-bond acceptors (Lipinski definition) is 2. The van der Waals surface area contributed by atoms with Crippen LogP contribution in [-0.4, -0.2) is 25.3 Å².